The molecule has 0 saturated heterocycles. The van der Waals surface area contributed by atoms with E-state index in [9.17, 15) is 13.2 Å². The maximum Gasteiger partial charge on any atom is 0.241 e. The van der Waals surface area contributed by atoms with Crippen LogP contribution in [0, 0.1) is 13.8 Å². The minimum absolute atomic E-state index is 0.233. The normalized spacial score (nSPS) is 12.3. The lowest BCUT2D eigenvalue weighted by molar-refractivity contribution is -0.120. The van der Waals surface area contributed by atoms with Gasteiger partial charge < -0.3 is 10.1 Å². The molecule has 0 bridgehead atoms. The van der Waals surface area contributed by atoms with Crippen LogP contribution in [0.4, 0.5) is 5.69 Å². The summed E-state index contributed by atoms with van der Waals surface area (Å²) in [5.74, 6) is 0.176. The summed E-state index contributed by atoms with van der Waals surface area (Å²) in [6.07, 6.45) is 1.08. The van der Waals surface area contributed by atoms with Crippen LogP contribution < -0.4 is 14.4 Å². The first-order valence-electron chi connectivity index (χ1n) is 9.19. The van der Waals surface area contributed by atoms with Gasteiger partial charge in [-0.3, -0.25) is 9.10 Å². The predicted octanol–water partition coefficient (Wildman–Crippen LogP) is 3.35. The highest BCUT2D eigenvalue weighted by Crippen LogP contribution is 2.23. The van der Waals surface area contributed by atoms with E-state index in [0.717, 1.165) is 21.7 Å². The molecule has 7 heteroatoms. The first kappa shape index (κ1) is 21.8. The van der Waals surface area contributed by atoms with Gasteiger partial charge in [0, 0.05) is 6.07 Å². The van der Waals surface area contributed by atoms with Crippen molar-refractivity contribution >= 4 is 21.6 Å². The number of hydrogen-bond acceptors (Lipinski definition) is 4. The molecular formula is C21H28N2O4S. The number of benzene rings is 2. The van der Waals surface area contributed by atoms with Crippen LogP contribution in [-0.2, 0) is 14.8 Å². The molecule has 28 heavy (non-hydrogen) atoms. The summed E-state index contributed by atoms with van der Waals surface area (Å²) in [5, 5.41) is 2.88. The van der Waals surface area contributed by atoms with Gasteiger partial charge in [-0.2, -0.15) is 0 Å². The average Bonchev–Trinajstić information content (AvgIpc) is 2.61. The summed E-state index contributed by atoms with van der Waals surface area (Å²) in [5.41, 5.74) is 3.69. The molecule has 1 atom stereocenters. The Balaban J connectivity index is 2.17. The van der Waals surface area contributed by atoms with Crippen molar-refractivity contribution < 1.29 is 17.9 Å². The van der Waals surface area contributed by atoms with Crippen LogP contribution in [0.5, 0.6) is 5.75 Å². The second-order valence-corrected chi connectivity index (χ2v) is 8.74. The van der Waals surface area contributed by atoms with Crippen LogP contribution >= 0.6 is 0 Å². The molecule has 0 radical (unpaired) electrons. The Kier molecular flexibility index (Phi) is 7.07. The zero-order valence-corrected chi connectivity index (χ0v) is 17.8. The molecule has 0 fully saturated rings. The SMILES string of the molecule is CCOc1cccc(N(CC(=O)NC(C)c2ccc(C)c(C)c2)S(C)(=O)=O)c1. The Labute approximate surface area is 167 Å². The lowest BCUT2D eigenvalue weighted by atomic mass is 10.0. The van der Waals surface area contributed by atoms with E-state index in [1.54, 1.807) is 24.3 Å². The third-order valence-electron chi connectivity index (χ3n) is 4.51. The second-order valence-electron chi connectivity index (χ2n) is 6.83. The van der Waals surface area contributed by atoms with Gasteiger partial charge in [0.25, 0.3) is 0 Å². The van der Waals surface area contributed by atoms with Gasteiger partial charge in [0.1, 0.15) is 12.3 Å². The molecule has 0 aliphatic rings. The van der Waals surface area contributed by atoms with Gasteiger partial charge in [0.05, 0.1) is 24.6 Å². The van der Waals surface area contributed by atoms with E-state index < -0.39 is 10.0 Å². The van der Waals surface area contributed by atoms with Crippen LogP contribution in [0.25, 0.3) is 0 Å². The minimum atomic E-state index is -3.64. The van der Waals surface area contributed by atoms with Crippen molar-refractivity contribution in [2.24, 2.45) is 0 Å². The number of aryl methyl sites for hydroxylation is 2. The molecule has 0 saturated carbocycles. The number of sulfonamides is 1. The Morgan fingerprint density at radius 1 is 1.14 bits per heavy atom. The topological polar surface area (TPSA) is 75.7 Å². The van der Waals surface area contributed by atoms with Crippen molar-refractivity contribution in [3.8, 4) is 5.75 Å². The summed E-state index contributed by atoms with van der Waals surface area (Å²) < 4.78 is 31.1. The van der Waals surface area contributed by atoms with E-state index >= 15 is 0 Å². The zero-order valence-electron chi connectivity index (χ0n) is 17.0. The number of anilines is 1. The van der Waals surface area contributed by atoms with E-state index in [4.69, 9.17) is 4.74 Å². The van der Waals surface area contributed by atoms with Crippen LogP contribution in [0.2, 0.25) is 0 Å². The molecule has 0 aromatic heterocycles. The van der Waals surface area contributed by atoms with Crippen molar-refractivity contribution in [2.45, 2.75) is 33.7 Å². The Bertz CT molecular complexity index is 941. The summed E-state index contributed by atoms with van der Waals surface area (Å²) in [6, 6.07) is 12.5. The number of carbonyl (C=O) groups is 1. The van der Waals surface area contributed by atoms with Crippen LogP contribution in [0.1, 0.15) is 36.6 Å². The molecule has 2 aromatic rings. The maximum absolute atomic E-state index is 12.6. The maximum atomic E-state index is 12.6. The molecule has 1 amide bonds. The molecular weight excluding hydrogens is 376 g/mol. The van der Waals surface area contributed by atoms with Crippen molar-refractivity contribution in [3.63, 3.8) is 0 Å². The van der Waals surface area contributed by atoms with E-state index in [1.807, 2.05) is 45.9 Å². The molecule has 0 heterocycles. The summed E-state index contributed by atoms with van der Waals surface area (Å²) in [4.78, 5) is 12.6. The van der Waals surface area contributed by atoms with Gasteiger partial charge in [-0.15, -0.1) is 0 Å². The number of rotatable bonds is 8. The highest BCUT2D eigenvalue weighted by Gasteiger charge is 2.22. The van der Waals surface area contributed by atoms with Crippen LogP contribution in [0.3, 0.4) is 0 Å². The summed E-state index contributed by atoms with van der Waals surface area (Å²) in [6.45, 7) is 7.94. The van der Waals surface area contributed by atoms with Gasteiger partial charge in [0.2, 0.25) is 15.9 Å². The van der Waals surface area contributed by atoms with Crippen molar-refractivity contribution in [1.29, 1.82) is 0 Å². The number of ether oxygens (including phenoxy) is 1. The van der Waals surface area contributed by atoms with Crippen molar-refractivity contribution in [2.75, 3.05) is 23.7 Å². The van der Waals surface area contributed by atoms with Gasteiger partial charge in [-0.25, -0.2) is 8.42 Å². The minimum Gasteiger partial charge on any atom is -0.494 e. The smallest absolute Gasteiger partial charge is 0.241 e. The van der Waals surface area contributed by atoms with Gasteiger partial charge in [-0.1, -0.05) is 24.3 Å². The zero-order chi connectivity index (χ0) is 20.9. The average molecular weight is 405 g/mol. The van der Waals surface area contributed by atoms with E-state index in [2.05, 4.69) is 5.32 Å². The molecule has 0 aliphatic heterocycles. The van der Waals surface area contributed by atoms with Crippen molar-refractivity contribution in [1.82, 2.24) is 5.32 Å². The number of hydrogen-bond donors (Lipinski definition) is 1. The standard InChI is InChI=1S/C21H28N2O4S/c1-6-27-20-9-7-8-19(13-20)23(28(5,25)26)14-21(24)22-17(4)18-11-10-15(2)16(3)12-18/h7-13,17H,6,14H2,1-5H3,(H,22,24). The number of amides is 1. The van der Waals surface area contributed by atoms with Gasteiger partial charge in [-0.05, 0) is 56.5 Å². The molecule has 1 unspecified atom stereocenters. The van der Waals surface area contributed by atoms with E-state index in [0.29, 0.717) is 18.0 Å². The third kappa shape index (κ3) is 5.73. The molecule has 0 aliphatic carbocycles. The molecule has 152 valence electrons. The number of carbonyl (C=O) groups excluding carboxylic acids is 1. The Morgan fingerprint density at radius 2 is 1.86 bits per heavy atom. The van der Waals surface area contributed by atoms with E-state index in [1.165, 1.54) is 5.56 Å². The number of nitrogens with zero attached hydrogens (tertiary/aromatic N) is 1. The van der Waals surface area contributed by atoms with Gasteiger partial charge in [0.15, 0.2) is 0 Å². The molecule has 2 rings (SSSR count). The van der Waals surface area contributed by atoms with Crippen LogP contribution in [0.15, 0.2) is 42.5 Å². The fraction of sp³-hybridized carbons (Fsp3) is 0.381. The fourth-order valence-electron chi connectivity index (χ4n) is 2.83. The summed E-state index contributed by atoms with van der Waals surface area (Å²) in [7, 11) is -3.64. The monoisotopic (exact) mass is 404 g/mol. The first-order chi connectivity index (χ1) is 13.1. The summed E-state index contributed by atoms with van der Waals surface area (Å²) >= 11 is 0. The van der Waals surface area contributed by atoms with Crippen LogP contribution in [-0.4, -0.2) is 33.7 Å². The quantitative estimate of drug-likeness (QED) is 0.732. The first-order valence-corrected chi connectivity index (χ1v) is 11.0. The Hall–Kier alpha value is -2.54. The molecule has 6 nitrogen and oxygen atoms in total. The highest BCUT2D eigenvalue weighted by atomic mass is 32.2. The molecule has 2 aromatic carbocycles. The fourth-order valence-corrected chi connectivity index (χ4v) is 3.68. The van der Waals surface area contributed by atoms with Gasteiger partial charge >= 0.3 is 0 Å². The third-order valence-corrected chi connectivity index (χ3v) is 5.65. The molecule has 0 spiro atoms. The predicted molar refractivity (Wildman–Crippen MR) is 112 cm³/mol. The largest absolute Gasteiger partial charge is 0.494 e. The number of nitrogens with one attached hydrogen (secondary N) is 1. The molecule has 1 N–H and O–H groups in total. The highest BCUT2D eigenvalue weighted by molar-refractivity contribution is 7.92. The Morgan fingerprint density at radius 3 is 2.46 bits per heavy atom. The lowest BCUT2D eigenvalue weighted by Gasteiger charge is -2.24. The lowest BCUT2D eigenvalue weighted by Crippen LogP contribution is -2.41. The second kappa shape index (κ2) is 9.10. The van der Waals surface area contributed by atoms with E-state index in [-0.39, 0.29) is 18.5 Å². The van der Waals surface area contributed by atoms with Crippen molar-refractivity contribution in [3.05, 3.63) is 59.2 Å².